The summed E-state index contributed by atoms with van der Waals surface area (Å²) in [6, 6.07) is 3.83. The van der Waals surface area contributed by atoms with Crippen molar-refractivity contribution in [3.05, 3.63) is 50.4 Å². The van der Waals surface area contributed by atoms with Gasteiger partial charge in [0.2, 0.25) is 0 Å². The molecule has 1 aromatic carbocycles. The van der Waals surface area contributed by atoms with Crippen LogP contribution in [0.3, 0.4) is 0 Å². The second-order valence-electron chi connectivity index (χ2n) is 8.64. The number of anilines is 1. The van der Waals surface area contributed by atoms with E-state index in [0.29, 0.717) is 11.4 Å². The van der Waals surface area contributed by atoms with Gasteiger partial charge in [0.05, 0.1) is 12.4 Å². The maximum Gasteiger partial charge on any atom is 0.287 e. The molecule has 7 heteroatoms. The molecule has 27 heavy (non-hydrogen) atoms. The number of aromatic hydroxyl groups is 1. The lowest BCUT2D eigenvalue weighted by atomic mass is 9.78. The first-order valence-electron chi connectivity index (χ1n) is 8.71. The fourth-order valence-corrected chi connectivity index (χ4v) is 2.85. The molecule has 0 bridgehead atoms. The van der Waals surface area contributed by atoms with Gasteiger partial charge in [0, 0.05) is 18.2 Å². The summed E-state index contributed by atoms with van der Waals surface area (Å²) in [4.78, 5) is 11.8. The predicted octanol–water partition coefficient (Wildman–Crippen LogP) is 4.18. The van der Waals surface area contributed by atoms with Gasteiger partial charge in [0.1, 0.15) is 16.5 Å². The molecule has 0 aliphatic heterocycles. The summed E-state index contributed by atoms with van der Waals surface area (Å²) in [5.74, 6) is 0.318. The van der Waals surface area contributed by atoms with Crippen LogP contribution in [0.2, 0.25) is 5.02 Å². The van der Waals surface area contributed by atoms with E-state index in [1.165, 1.54) is 13.2 Å². The normalized spacial score (nSPS) is 12.6. The van der Waals surface area contributed by atoms with Crippen molar-refractivity contribution >= 4 is 23.5 Å². The zero-order valence-electron chi connectivity index (χ0n) is 16.9. The average Bonchev–Trinajstić information content (AvgIpc) is 2.54. The van der Waals surface area contributed by atoms with E-state index in [1.54, 1.807) is 6.21 Å². The quantitative estimate of drug-likeness (QED) is 0.608. The summed E-state index contributed by atoms with van der Waals surface area (Å²) in [5.41, 5.74) is 4.79. The van der Waals surface area contributed by atoms with Crippen LogP contribution in [0.15, 0.2) is 28.2 Å². The molecule has 0 unspecified atom stereocenters. The van der Waals surface area contributed by atoms with E-state index >= 15 is 0 Å². The van der Waals surface area contributed by atoms with E-state index in [1.807, 2.05) is 12.1 Å². The highest BCUT2D eigenvalue weighted by Gasteiger charge is 2.26. The van der Waals surface area contributed by atoms with Gasteiger partial charge in [-0.25, -0.2) is 4.68 Å². The van der Waals surface area contributed by atoms with Crippen LogP contribution in [0.4, 0.5) is 5.69 Å². The Balaban J connectivity index is 2.43. The molecule has 0 saturated heterocycles. The van der Waals surface area contributed by atoms with E-state index < -0.39 is 5.56 Å². The molecule has 146 valence electrons. The number of benzene rings is 1. The van der Waals surface area contributed by atoms with Gasteiger partial charge in [-0.1, -0.05) is 53.1 Å². The Morgan fingerprint density at radius 1 is 1.15 bits per heavy atom. The Labute approximate surface area is 164 Å². The van der Waals surface area contributed by atoms with Crippen LogP contribution in [-0.2, 0) is 17.9 Å². The van der Waals surface area contributed by atoms with Gasteiger partial charge >= 0.3 is 0 Å². The molecule has 0 atom stereocenters. The third kappa shape index (κ3) is 4.69. The number of hydrazone groups is 1. The van der Waals surface area contributed by atoms with Gasteiger partial charge in [-0.15, -0.1) is 0 Å². The maximum atomic E-state index is 11.8. The highest BCUT2D eigenvalue weighted by Crippen LogP contribution is 2.39. The molecule has 2 aromatic rings. The van der Waals surface area contributed by atoms with Crippen molar-refractivity contribution in [2.24, 2.45) is 12.1 Å². The van der Waals surface area contributed by atoms with Crippen molar-refractivity contribution in [1.29, 1.82) is 0 Å². The van der Waals surface area contributed by atoms with E-state index in [2.05, 4.69) is 57.2 Å². The first-order valence-corrected chi connectivity index (χ1v) is 9.09. The van der Waals surface area contributed by atoms with Crippen LogP contribution in [-0.4, -0.2) is 21.1 Å². The zero-order valence-corrected chi connectivity index (χ0v) is 17.6. The lowest BCUT2D eigenvalue weighted by molar-refractivity contribution is 0.423. The van der Waals surface area contributed by atoms with Gasteiger partial charge in [0.15, 0.2) is 0 Å². The van der Waals surface area contributed by atoms with Crippen molar-refractivity contribution in [2.45, 2.75) is 52.4 Å². The largest absolute Gasteiger partial charge is 0.507 e. The van der Waals surface area contributed by atoms with E-state index in [9.17, 15) is 9.90 Å². The number of phenolic OH excluding ortho intramolecular Hbond substituents is 1. The smallest absolute Gasteiger partial charge is 0.287 e. The monoisotopic (exact) mass is 390 g/mol. The van der Waals surface area contributed by atoms with Gasteiger partial charge in [-0.3, -0.25) is 10.2 Å². The molecule has 0 amide bonds. The number of rotatable bonds is 3. The summed E-state index contributed by atoms with van der Waals surface area (Å²) in [7, 11) is 1.53. The highest BCUT2D eigenvalue weighted by molar-refractivity contribution is 6.32. The van der Waals surface area contributed by atoms with Crippen molar-refractivity contribution in [2.75, 3.05) is 5.43 Å². The minimum Gasteiger partial charge on any atom is -0.507 e. The Morgan fingerprint density at radius 2 is 1.67 bits per heavy atom. The Morgan fingerprint density at radius 3 is 2.15 bits per heavy atom. The van der Waals surface area contributed by atoms with E-state index in [-0.39, 0.29) is 15.9 Å². The first-order chi connectivity index (χ1) is 12.3. The third-order valence-corrected chi connectivity index (χ3v) is 4.59. The third-order valence-electron chi connectivity index (χ3n) is 4.23. The lowest BCUT2D eigenvalue weighted by Crippen LogP contribution is -2.20. The maximum absolute atomic E-state index is 11.8. The minimum atomic E-state index is -0.397. The first kappa shape index (κ1) is 21.0. The fourth-order valence-electron chi connectivity index (χ4n) is 2.64. The van der Waals surface area contributed by atoms with Crippen molar-refractivity contribution in [3.8, 4) is 5.75 Å². The number of nitrogens with zero attached hydrogens (tertiary/aromatic N) is 3. The summed E-state index contributed by atoms with van der Waals surface area (Å²) in [6.45, 7) is 12.3. The summed E-state index contributed by atoms with van der Waals surface area (Å²) < 4.78 is 1.16. The zero-order chi connectivity index (χ0) is 20.6. The molecule has 6 nitrogen and oxygen atoms in total. The van der Waals surface area contributed by atoms with E-state index in [4.69, 9.17) is 11.6 Å². The average molecular weight is 391 g/mol. The number of hydrogen-bond acceptors (Lipinski definition) is 5. The fraction of sp³-hybridized carbons (Fsp3) is 0.450. The second kappa shape index (κ2) is 7.35. The molecule has 2 rings (SSSR count). The number of phenols is 1. The van der Waals surface area contributed by atoms with Crippen molar-refractivity contribution < 1.29 is 5.11 Å². The van der Waals surface area contributed by atoms with Crippen LogP contribution >= 0.6 is 11.6 Å². The number of aryl methyl sites for hydroxylation is 1. The lowest BCUT2D eigenvalue weighted by Gasteiger charge is -2.27. The van der Waals surface area contributed by atoms with E-state index in [0.717, 1.165) is 21.4 Å². The standard InChI is InChI=1S/C20H27ClN4O2/c1-19(2,3)13-8-12(9-14(17(13)26)20(4,5)6)10-22-24-15-11-23-25(7)18(27)16(15)21/h8-11,24,26H,1-7H3/b22-10-. The number of halogens is 1. The van der Waals surface area contributed by atoms with Gasteiger partial charge in [-0.2, -0.15) is 10.2 Å². The Kier molecular flexibility index (Phi) is 5.71. The van der Waals surface area contributed by atoms with Crippen LogP contribution in [0.5, 0.6) is 5.75 Å². The van der Waals surface area contributed by atoms with Crippen LogP contribution in [0.25, 0.3) is 0 Å². The minimum absolute atomic E-state index is 0.0288. The second-order valence-corrected chi connectivity index (χ2v) is 9.01. The molecule has 1 heterocycles. The summed E-state index contributed by atoms with van der Waals surface area (Å²) >= 11 is 6.03. The molecule has 0 fully saturated rings. The predicted molar refractivity (Wildman–Crippen MR) is 111 cm³/mol. The van der Waals surface area contributed by atoms with Crippen molar-refractivity contribution in [3.63, 3.8) is 0 Å². The molecular formula is C20H27ClN4O2. The SMILES string of the molecule is Cn1ncc(N/N=C\c2cc(C(C)(C)C)c(O)c(C(C)(C)C)c2)c(Cl)c1=O. The molecule has 1 aromatic heterocycles. The van der Waals surface area contributed by atoms with Gasteiger partial charge in [0.25, 0.3) is 5.56 Å². The van der Waals surface area contributed by atoms with Crippen LogP contribution in [0.1, 0.15) is 58.2 Å². The molecule has 0 aliphatic rings. The number of nitrogens with one attached hydrogen (secondary N) is 1. The molecule has 2 N–H and O–H groups in total. The van der Waals surface area contributed by atoms with Gasteiger partial charge < -0.3 is 5.11 Å². The summed E-state index contributed by atoms with van der Waals surface area (Å²) in [5, 5.41) is 18.9. The molecule has 0 aliphatic carbocycles. The van der Waals surface area contributed by atoms with Crippen LogP contribution in [0, 0.1) is 0 Å². The van der Waals surface area contributed by atoms with Crippen molar-refractivity contribution in [1.82, 2.24) is 9.78 Å². The summed E-state index contributed by atoms with van der Waals surface area (Å²) in [6.07, 6.45) is 3.08. The number of hydrogen-bond donors (Lipinski definition) is 2. The van der Waals surface area contributed by atoms with Crippen LogP contribution < -0.4 is 11.0 Å². The highest BCUT2D eigenvalue weighted by atomic mass is 35.5. The topological polar surface area (TPSA) is 79.5 Å². The Bertz CT molecular complexity index is 899. The molecule has 0 spiro atoms. The molecular weight excluding hydrogens is 364 g/mol. The molecule has 0 radical (unpaired) electrons. The number of aromatic nitrogens is 2. The Hall–Kier alpha value is -2.34. The molecule has 0 saturated carbocycles. The van der Waals surface area contributed by atoms with Gasteiger partial charge in [-0.05, 0) is 28.5 Å².